The molecule has 0 radical (unpaired) electrons. The molecule has 20 heavy (non-hydrogen) atoms. The van der Waals surface area contributed by atoms with Gasteiger partial charge in [-0.05, 0) is 40.2 Å². The smallest absolute Gasteiger partial charge is 0.263 e. The Morgan fingerprint density at radius 3 is 2.60 bits per heavy atom. The third kappa shape index (κ3) is 3.02. The lowest BCUT2D eigenvalue weighted by Gasteiger charge is -2.11. The number of rotatable bonds is 3. The van der Waals surface area contributed by atoms with Crippen molar-refractivity contribution in [3.8, 4) is 0 Å². The Bertz CT molecular complexity index is 815. The van der Waals surface area contributed by atoms with Crippen molar-refractivity contribution >= 4 is 37.3 Å². The van der Waals surface area contributed by atoms with Gasteiger partial charge >= 0.3 is 0 Å². The van der Waals surface area contributed by atoms with Gasteiger partial charge < -0.3 is 10.3 Å². The summed E-state index contributed by atoms with van der Waals surface area (Å²) >= 11 is 3.18. The van der Waals surface area contributed by atoms with Crippen molar-refractivity contribution in [2.45, 2.75) is 4.90 Å². The van der Waals surface area contributed by atoms with E-state index in [-0.39, 0.29) is 10.5 Å². The highest BCUT2D eigenvalue weighted by molar-refractivity contribution is 9.10. The van der Waals surface area contributed by atoms with Gasteiger partial charge in [0.2, 0.25) is 5.56 Å². The standard InChI is InChI=1S/C12H12BrN3O3S/c1-16-7-9(3-5-12(16)17)15-20(18,19)11-6-8(14)2-4-10(11)13/h2-7,15H,14H2,1H3. The number of sulfonamides is 1. The van der Waals surface area contributed by atoms with Crippen LogP contribution < -0.4 is 16.0 Å². The predicted octanol–water partition coefficient (Wildman–Crippen LogP) is 1.53. The molecule has 2 aromatic rings. The third-order valence-corrected chi connectivity index (χ3v) is 4.96. The summed E-state index contributed by atoms with van der Waals surface area (Å²) in [6, 6.07) is 7.20. The Morgan fingerprint density at radius 2 is 1.95 bits per heavy atom. The van der Waals surface area contributed by atoms with Gasteiger partial charge in [0.25, 0.3) is 10.0 Å². The van der Waals surface area contributed by atoms with Crippen LogP contribution >= 0.6 is 15.9 Å². The van der Waals surface area contributed by atoms with Crippen LogP contribution in [0.5, 0.6) is 0 Å². The van der Waals surface area contributed by atoms with Crippen LogP contribution in [-0.4, -0.2) is 13.0 Å². The second-order valence-corrected chi connectivity index (χ2v) is 6.67. The van der Waals surface area contributed by atoms with Crippen molar-refractivity contribution in [2.24, 2.45) is 7.05 Å². The molecule has 0 amide bonds. The molecule has 1 heterocycles. The summed E-state index contributed by atoms with van der Waals surface area (Å²) in [7, 11) is -2.25. The molecule has 0 spiro atoms. The second kappa shape index (κ2) is 5.29. The first-order valence-corrected chi connectivity index (χ1v) is 7.82. The number of aryl methyl sites for hydroxylation is 1. The fourth-order valence-electron chi connectivity index (χ4n) is 1.59. The molecule has 8 heteroatoms. The van der Waals surface area contributed by atoms with E-state index in [0.717, 1.165) is 0 Å². The molecular weight excluding hydrogens is 346 g/mol. The van der Waals surface area contributed by atoms with Crippen LogP contribution in [-0.2, 0) is 17.1 Å². The molecule has 2 rings (SSSR count). The molecule has 0 aliphatic heterocycles. The summed E-state index contributed by atoms with van der Waals surface area (Å²) < 4.78 is 28.7. The zero-order chi connectivity index (χ0) is 14.9. The number of nitrogen functional groups attached to an aromatic ring is 1. The number of nitrogens with two attached hydrogens (primary N) is 1. The van der Waals surface area contributed by atoms with Gasteiger partial charge in [-0.15, -0.1) is 0 Å². The quantitative estimate of drug-likeness (QED) is 0.814. The molecule has 0 saturated carbocycles. The topological polar surface area (TPSA) is 94.2 Å². The van der Waals surface area contributed by atoms with Crippen LogP contribution in [0.1, 0.15) is 0 Å². The highest BCUT2D eigenvalue weighted by atomic mass is 79.9. The fraction of sp³-hybridized carbons (Fsp3) is 0.0833. The Labute approximate surface area is 124 Å². The lowest BCUT2D eigenvalue weighted by molar-refractivity contribution is 0.600. The van der Waals surface area contributed by atoms with Crippen LogP contribution in [0.4, 0.5) is 11.4 Å². The highest BCUT2D eigenvalue weighted by Gasteiger charge is 2.18. The summed E-state index contributed by atoms with van der Waals surface area (Å²) in [5, 5.41) is 0. The number of hydrogen-bond donors (Lipinski definition) is 2. The third-order valence-electron chi connectivity index (χ3n) is 2.58. The number of aromatic nitrogens is 1. The minimum atomic E-state index is -3.79. The normalized spacial score (nSPS) is 11.3. The van der Waals surface area contributed by atoms with Crippen LogP contribution in [0, 0.1) is 0 Å². The first-order chi connectivity index (χ1) is 9.29. The Hall–Kier alpha value is -1.80. The van der Waals surface area contributed by atoms with Crippen LogP contribution in [0.15, 0.2) is 50.7 Å². The summed E-state index contributed by atoms with van der Waals surface area (Å²) in [4.78, 5) is 11.3. The van der Waals surface area contributed by atoms with E-state index in [4.69, 9.17) is 5.73 Å². The molecule has 0 unspecified atom stereocenters. The summed E-state index contributed by atoms with van der Waals surface area (Å²) in [5.41, 5.74) is 6.01. The largest absolute Gasteiger partial charge is 0.399 e. The number of anilines is 2. The van der Waals surface area contributed by atoms with Crippen molar-refractivity contribution in [1.29, 1.82) is 0 Å². The zero-order valence-electron chi connectivity index (χ0n) is 10.5. The summed E-state index contributed by atoms with van der Waals surface area (Å²) in [6.45, 7) is 0. The average molecular weight is 358 g/mol. The number of halogens is 1. The predicted molar refractivity (Wildman–Crippen MR) is 81.0 cm³/mol. The molecule has 1 aromatic carbocycles. The maximum atomic E-state index is 12.3. The highest BCUT2D eigenvalue weighted by Crippen LogP contribution is 2.25. The van der Waals surface area contributed by atoms with Gasteiger partial charge in [0.05, 0.1) is 5.69 Å². The Morgan fingerprint density at radius 1 is 1.25 bits per heavy atom. The maximum Gasteiger partial charge on any atom is 0.263 e. The van der Waals surface area contributed by atoms with Gasteiger partial charge in [0.15, 0.2) is 0 Å². The zero-order valence-corrected chi connectivity index (χ0v) is 12.9. The van der Waals surface area contributed by atoms with Crippen molar-refractivity contribution in [1.82, 2.24) is 4.57 Å². The second-order valence-electron chi connectivity index (χ2n) is 4.16. The molecule has 0 fully saturated rings. The van der Waals surface area contributed by atoms with E-state index in [1.165, 1.54) is 36.0 Å². The van der Waals surface area contributed by atoms with E-state index in [0.29, 0.717) is 15.8 Å². The van der Waals surface area contributed by atoms with E-state index in [1.54, 1.807) is 12.1 Å². The minimum absolute atomic E-state index is 0.0337. The van der Waals surface area contributed by atoms with E-state index in [2.05, 4.69) is 20.7 Å². The molecule has 0 saturated heterocycles. The van der Waals surface area contributed by atoms with Crippen molar-refractivity contribution in [3.05, 3.63) is 51.4 Å². The first kappa shape index (κ1) is 14.6. The molecule has 0 aliphatic rings. The molecule has 6 nitrogen and oxygen atoms in total. The molecule has 1 aromatic heterocycles. The number of hydrogen-bond acceptors (Lipinski definition) is 4. The number of nitrogens with zero attached hydrogens (tertiary/aromatic N) is 1. The fourth-order valence-corrected chi connectivity index (χ4v) is 3.63. The Balaban J connectivity index is 2.43. The molecule has 3 N–H and O–H groups in total. The van der Waals surface area contributed by atoms with E-state index >= 15 is 0 Å². The molecular formula is C12H12BrN3O3S. The van der Waals surface area contributed by atoms with Gasteiger partial charge in [-0.2, -0.15) is 0 Å². The Kier molecular flexibility index (Phi) is 3.87. The average Bonchev–Trinajstić information content (AvgIpc) is 2.36. The molecule has 0 aliphatic carbocycles. The van der Waals surface area contributed by atoms with E-state index < -0.39 is 10.0 Å². The molecule has 0 bridgehead atoms. The van der Waals surface area contributed by atoms with Crippen LogP contribution in [0.25, 0.3) is 0 Å². The van der Waals surface area contributed by atoms with Gasteiger partial charge in [-0.1, -0.05) is 0 Å². The SMILES string of the molecule is Cn1cc(NS(=O)(=O)c2cc(N)ccc2Br)ccc1=O. The van der Waals surface area contributed by atoms with Crippen molar-refractivity contribution < 1.29 is 8.42 Å². The minimum Gasteiger partial charge on any atom is -0.399 e. The number of pyridine rings is 1. The summed E-state index contributed by atoms with van der Waals surface area (Å²) in [6.07, 6.45) is 1.40. The van der Waals surface area contributed by atoms with Gasteiger partial charge in [-0.3, -0.25) is 9.52 Å². The summed E-state index contributed by atoms with van der Waals surface area (Å²) in [5.74, 6) is 0. The van der Waals surface area contributed by atoms with Crippen molar-refractivity contribution in [3.63, 3.8) is 0 Å². The van der Waals surface area contributed by atoms with E-state index in [9.17, 15) is 13.2 Å². The maximum absolute atomic E-state index is 12.3. The molecule has 106 valence electrons. The lowest BCUT2D eigenvalue weighted by Crippen LogP contribution is -2.18. The number of benzene rings is 1. The van der Waals surface area contributed by atoms with Crippen LogP contribution in [0.2, 0.25) is 0 Å². The van der Waals surface area contributed by atoms with Gasteiger partial charge in [-0.25, -0.2) is 8.42 Å². The van der Waals surface area contributed by atoms with Gasteiger partial charge in [0.1, 0.15) is 4.90 Å². The van der Waals surface area contributed by atoms with Gasteiger partial charge in [0, 0.05) is 29.5 Å². The van der Waals surface area contributed by atoms with E-state index in [1.807, 2.05) is 0 Å². The first-order valence-electron chi connectivity index (χ1n) is 5.54. The number of nitrogens with one attached hydrogen (secondary N) is 1. The molecule has 0 atom stereocenters. The lowest BCUT2D eigenvalue weighted by atomic mass is 10.3. The van der Waals surface area contributed by atoms with Crippen LogP contribution in [0.3, 0.4) is 0 Å². The van der Waals surface area contributed by atoms with Crippen molar-refractivity contribution in [2.75, 3.05) is 10.5 Å². The monoisotopic (exact) mass is 357 g/mol.